The lowest BCUT2D eigenvalue weighted by molar-refractivity contribution is -0.0359. The lowest BCUT2D eigenvalue weighted by Gasteiger charge is -2.36. The number of hydrogen-bond donors (Lipinski definition) is 1. The van der Waals surface area contributed by atoms with E-state index in [1.807, 2.05) is 0 Å². The SMILES string of the molecule is O=C(NC1=NC2(c3ccccc3F)CO[C@H](C(F)F)C2CS1)c1ccccc1. The second kappa shape index (κ2) is 7.60. The van der Waals surface area contributed by atoms with Crippen molar-refractivity contribution in [2.75, 3.05) is 12.4 Å². The van der Waals surface area contributed by atoms with Crippen molar-refractivity contribution in [3.63, 3.8) is 0 Å². The van der Waals surface area contributed by atoms with Crippen LogP contribution in [0.25, 0.3) is 0 Å². The Morgan fingerprint density at radius 1 is 1.18 bits per heavy atom. The van der Waals surface area contributed by atoms with Crippen LogP contribution in [-0.4, -0.2) is 36.0 Å². The molecule has 28 heavy (non-hydrogen) atoms. The summed E-state index contributed by atoms with van der Waals surface area (Å²) < 4.78 is 46.9. The molecule has 1 amide bonds. The molecule has 2 unspecified atom stereocenters. The maximum Gasteiger partial charge on any atom is 0.264 e. The number of fused-ring (bicyclic) bond motifs is 1. The van der Waals surface area contributed by atoms with Gasteiger partial charge in [-0.15, -0.1) is 0 Å². The molecule has 0 spiro atoms. The van der Waals surface area contributed by atoms with Crippen LogP contribution in [0.5, 0.6) is 0 Å². The Morgan fingerprint density at radius 3 is 2.61 bits per heavy atom. The van der Waals surface area contributed by atoms with Crippen molar-refractivity contribution in [3.05, 3.63) is 71.5 Å². The largest absolute Gasteiger partial charge is 0.369 e. The van der Waals surface area contributed by atoms with Crippen molar-refractivity contribution in [1.29, 1.82) is 0 Å². The molecule has 0 saturated carbocycles. The summed E-state index contributed by atoms with van der Waals surface area (Å²) in [5.41, 5.74) is -0.646. The first-order chi connectivity index (χ1) is 13.5. The Morgan fingerprint density at radius 2 is 1.89 bits per heavy atom. The Bertz CT molecular complexity index is 909. The fourth-order valence-electron chi connectivity index (χ4n) is 3.67. The molecule has 146 valence electrons. The standard InChI is InChI=1S/C20H17F3N2O2S/c21-15-9-5-4-8-13(15)20-11-27-16(17(22)23)14(20)10-28-19(25-20)24-18(26)12-6-2-1-3-7-12/h1-9,14,16-17H,10-11H2,(H,24,25,26)/t14?,16-,20?/m0/s1. The Labute approximate surface area is 164 Å². The highest BCUT2D eigenvalue weighted by Gasteiger charge is 2.56. The molecular weight excluding hydrogens is 389 g/mol. The number of alkyl halides is 2. The van der Waals surface area contributed by atoms with E-state index in [1.165, 1.54) is 30.0 Å². The molecule has 4 nitrogen and oxygen atoms in total. The first-order valence-electron chi connectivity index (χ1n) is 8.75. The van der Waals surface area contributed by atoms with Gasteiger partial charge in [-0.05, 0) is 18.2 Å². The molecule has 0 bridgehead atoms. The monoisotopic (exact) mass is 406 g/mol. The molecule has 2 aromatic carbocycles. The lowest BCUT2D eigenvalue weighted by Crippen LogP contribution is -2.45. The van der Waals surface area contributed by atoms with Crippen LogP contribution < -0.4 is 5.32 Å². The molecular formula is C20H17F3N2O2S. The van der Waals surface area contributed by atoms with Crippen LogP contribution in [0.1, 0.15) is 15.9 Å². The van der Waals surface area contributed by atoms with Crippen molar-refractivity contribution in [1.82, 2.24) is 5.32 Å². The second-order valence-electron chi connectivity index (χ2n) is 6.67. The summed E-state index contributed by atoms with van der Waals surface area (Å²) in [6.45, 7) is -0.168. The number of hydrogen-bond acceptors (Lipinski definition) is 4. The van der Waals surface area contributed by atoms with Crippen molar-refractivity contribution < 1.29 is 22.7 Å². The predicted molar refractivity (Wildman–Crippen MR) is 101 cm³/mol. The van der Waals surface area contributed by atoms with Crippen molar-refractivity contribution in [2.45, 2.75) is 18.1 Å². The maximum absolute atomic E-state index is 14.6. The topological polar surface area (TPSA) is 50.7 Å². The van der Waals surface area contributed by atoms with Crippen LogP contribution in [0, 0.1) is 11.7 Å². The molecule has 4 rings (SSSR count). The van der Waals surface area contributed by atoms with Crippen molar-refractivity contribution in [2.24, 2.45) is 10.9 Å². The van der Waals surface area contributed by atoms with Crippen LogP contribution in [-0.2, 0) is 10.3 Å². The second-order valence-corrected chi connectivity index (χ2v) is 7.68. The molecule has 0 aliphatic carbocycles. The zero-order valence-corrected chi connectivity index (χ0v) is 15.5. The number of rotatable bonds is 3. The maximum atomic E-state index is 14.6. The van der Waals surface area contributed by atoms with E-state index in [0.29, 0.717) is 5.56 Å². The van der Waals surface area contributed by atoms with Crippen LogP contribution in [0.4, 0.5) is 13.2 Å². The normalized spacial score (nSPS) is 26.6. The van der Waals surface area contributed by atoms with E-state index in [4.69, 9.17) is 4.74 Å². The van der Waals surface area contributed by atoms with Gasteiger partial charge in [0.15, 0.2) is 5.17 Å². The van der Waals surface area contributed by atoms with E-state index >= 15 is 0 Å². The number of aliphatic imine (C=N–C) groups is 1. The third kappa shape index (κ3) is 3.31. The minimum atomic E-state index is -2.70. The third-order valence-corrected chi connectivity index (χ3v) is 6.04. The van der Waals surface area contributed by atoms with Gasteiger partial charge in [-0.2, -0.15) is 0 Å². The number of carbonyl (C=O) groups excluding carboxylic acids is 1. The van der Waals surface area contributed by atoms with Gasteiger partial charge < -0.3 is 10.1 Å². The minimum absolute atomic E-state index is 0.168. The van der Waals surface area contributed by atoms with Gasteiger partial charge in [-0.3, -0.25) is 4.79 Å². The fraction of sp³-hybridized carbons (Fsp3) is 0.300. The number of amides is 1. The molecule has 0 radical (unpaired) electrons. The van der Waals surface area contributed by atoms with Crippen LogP contribution in [0.15, 0.2) is 59.6 Å². The highest BCUT2D eigenvalue weighted by Crippen LogP contribution is 2.49. The number of nitrogens with one attached hydrogen (secondary N) is 1. The molecule has 1 N–H and O–H groups in total. The average molecular weight is 406 g/mol. The van der Waals surface area contributed by atoms with E-state index < -0.39 is 29.8 Å². The molecule has 1 saturated heterocycles. The molecule has 2 aromatic rings. The average Bonchev–Trinajstić information content (AvgIpc) is 3.09. The van der Waals surface area contributed by atoms with Gasteiger partial charge in [-0.1, -0.05) is 48.2 Å². The number of amidine groups is 1. The molecule has 2 heterocycles. The molecule has 0 aromatic heterocycles. The molecule has 2 aliphatic heterocycles. The van der Waals surface area contributed by atoms with E-state index in [0.717, 1.165) is 0 Å². The highest BCUT2D eigenvalue weighted by atomic mass is 32.2. The smallest absolute Gasteiger partial charge is 0.264 e. The Balaban J connectivity index is 1.71. The molecule has 8 heteroatoms. The number of thioether (sulfide) groups is 1. The number of halogens is 3. The fourth-order valence-corrected chi connectivity index (χ4v) is 4.86. The van der Waals surface area contributed by atoms with Crippen LogP contribution in [0.3, 0.4) is 0 Å². The van der Waals surface area contributed by atoms with Crippen molar-refractivity contribution >= 4 is 22.8 Å². The van der Waals surface area contributed by atoms with Gasteiger partial charge >= 0.3 is 0 Å². The predicted octanol–water partition coefficient (Wildman–Crippen LogP) is 3.83. The highest BCUT2D eigenvalue weighted by molar-refractivity contribution is 8.13. The molecule has 1 fully saturated rings. The zero-order valence-electron chi connectivity index (χ0n) is 14.6. The number of carbonyl (C=O) groups is 1. The van der Waals surface area contributed by atoms with Gasteiger partial charge in [0.05, 0.1) is 6.61 Å². The minimum Gasteiger partial charge on any atom is -0.369 e. The summed E-state index contributed by atoms with van der Waals surface area (Å²) in [6.07, 6.45) is -4.03. The van der Waals surface area contributed by atoms with E-state index in [1.54, 1.807) is 36.4 Å². The summed E-state index contributed by atoms with van der Waals surface area (Å²) >= 11 is 1.17. The molecule has 3 atom stereocenters. The summed E-state index contributed by atoms with van der Waals surface area (Å²) in [7, 11) is 0. The Kier molecular flexibility index (Phi) is 5.16. The van der Waals surface area contributed by atoms with Gasteiger partial charge in [-0.25, -0.2) is 18.2 Å². The van der Waals surface area contributed by atoms with Gasteiger partial charge in [0.1, 0.15) is 17.5 Å². The van der Waals surface area contributed by atoms with E-state index in [-0.39, 0.29) is 29.0 Å². The van der Waals surface area contributed by atoms with Crippen molar-refractivity contribution in [3.8, 4) is 0 Å². The zero-order chi connectivity index (χ0) is 19.7. The number of nitrogens with zero attached hydrogens (tertiary/aromatic N) is 1. The number of benzene rings is 2. The third-order valence-electron chi connectivity index (χ3n) is 5.05. The summed E-state index contributed by atoms with van der Waals surface area (Å²) in [4.78, 5) is 17.0. The Hall–Kier alpha value is -2.32. The quantitative estimate of drug-likeness (QED) is 0.843. The summed E-state index contributed by atoms with van der Waals surface area (Å²) in [5, 5.41) is 2.98. The van der Waals surface area contributed by atoms with Crippen LogP contribution in [0.2, 0.25) is 0 Å². The summed E-state index contributed by atoms with van der Waals surface area (Å²) in [6, 6.07) is 14.6. The van der Waals surface area contributed by atoms with E-state index in [2.05, 4.69) is 10.3 Å². The first-order valence-corrected chi connectivity index (χ1v) is 9.73. The van der Waals surface area contributed by atoms with Gasteiger partial charge in [0.2, 0.25) is 0 Å². The van der Waals surface area contributed by atoms with Crippen LogP contribution >= 0.6 is 11.8 Å². The lowest BCUT2D eigenvalue weighted by atomic mass is 9.79. The van der Waals surface area contributed by atoms with E-state index in [9.17, 15) is 18.0 Å². The first kappa shape index (κ1) is 19.0. The molecule has 2 aliphatic rings. The van der Waals surface area contributed by atoms with Gasteiger partial charge in [0.25, 0.3) is 12.3 Å². The van der Waals surface area contributed by atoms with Gasteiger partial charge in [0, 0.05) is 22.8 Å². The summed E-state index contributed by atoms with van der Waals surface area (Å²) in [5.74, 6) is -1.36. The number of ether oxygens (including phenoxy) is 1.